The summed E-state index contributed by atoms with van der Waals surface area (Å²) in [6, 6.07) is 7.77. The zero-order valence-corrected chi connectivity index (χ0v) is 15.8. The first kappa shape index (κ1) is 18.2. The van der Waals surface area contributed by atoms with Gasteiger partial charge in [-0.2, -0.15) is 5.10 Å². The van der Waals surface area contributed by atoms with Gasteiger partial charge in [0, 0.05) is 38.4 Å². The van der Waals surface area contributed by atoms with Crippen LogP contribution in [-0.2, 0) is 13.5 Å². The van der Waals surface area contributed by atoms with Crippen molar-refractivity contribution in [2.75, 3.05) is 23.3 Å². The van der Waals surface area contributed by atoms with Crippen LogP contribution in [0.15, 0.2) is 30.5 Å². The molecule has 0 spiro atoms. The number of amides is 2. The van der Waals surface area contributed by atoms with E-state index in [0.29, 0.717) is 5.92 Å². The van der Waals surface area contributed by atoms with Crippen LogP contribution in [0.2, 0.25) is 0 Å². The normalized spacial score (nSPS) is 16.9. The SMILES string of the molecule is CC(C)CCc1cc(NC(=O)NC2CCN(c3ccccn3)C2)n(C)n1. The maximum absolute atomic E-state index is 12.3. The van der Waals surface area contributed by atoms with Crippen molar-refractivity contribution in [3.8, 4) is 0 Å². The summed E-state index contributed by atoms with van der Waals surface area (Å²) in [5.41, 5.74) is 1.01. The first-order valence-electron chi connectivity index (χ1n) is 9.27. The van der Waals surface area contributed by atoms with E-state index >= 15 is 0 Å². The van der Waals surface area contributed by atoms with Gasteiger partial charge in [-0.15, -0.1) is 0 Å². The van der Waals surface area contributed by atoms with Crippen molar-refractivity contribution >= 4 is 17.7 Å². The van der Waals surface area contributed by atoms with E-state index in [1.54, 1.807) is 10.9 Å². The third-order valence-corrected chi connectivity index (χ3v) is 4.65. The molecule has 0 bridgehead atoms. The quantitative estimate of drug-likeness (QED) is 0.835. The molecule has 3 heterocycles. The lowest BCUT2D eigenvalue weighted by atomic mass is 10.1. The average Bonchev–Trinajstić information content (AvgIpc) is 3.21. The Morgan fingerprint density at radius 3 is 2.96 bits per heavy atom. The topological polar surface area (TPSA) is 75.1 Å². The van der Waals surface area contributed by atoms with E-state index in [9.17, 15) is 4.79 Å². The number of aromatic nitrogens is 3. The predicted molar refractivity (Wildman–Crippen MR) is 103 cm³/mol. The number of nitrogens with one attached hydrogen (secondary N) is 2. The van der Waals surface area contributed by atoms with Crippen molar-refractivity contribution in [2.45, 2.75) is 39.2 Å². The van der Waals surface area contributed by atoms with Gasteiger partial charge in [-0.1, -0.05) is 19.9 Å². The van der Waals surface area contributed by atoms with Crippen LogP contribution in [-0.4, -0.2) is 39.9 Å². The van der Waals surface area contributed by atoms with E-state index in [2.05, 4.69) is 39.5 Å². The summed E-state index contributed by atoms with van der Waals surface area (Å²) in [6.07, 6.45) is 4.72. The summed E-state index contributed by atoms with van der Waals surface area (Å²) in [7, 11) is 1.85. The first-order valence-corrected chi connectivity index (χ1v) is 9.27. The van der Waals surface area contributed by atoms with Gasteiger partial charge in [-0.05, 0) is 37.3 Å². The summed E-state index contributed by atoms with van der Waals surface area (Å²) in [4.78, 5) is 18.9. The van der Waals surface area contributed by atoms with E-state index < -0.39 is 0 Å². The molecular formula is C19H28N6O. The number of carbonyl (C=O) groups is 1. The Bertz CT molecular complexity index is 727. The molecule has 1 saturated heterocycles. The Hall–Kier alpha value is -2.57. The molecule has 2 aromatic heterocycles. The lowest BCUT2D eigenvalue weighted by Gasteiger charge is -2.17. The van der Waals surface area contributed by atoms with Crippen LogP contribution in [0.1, 0.15) is 32.4 Å². The van der Waals surface area contributed by atoms with Crippen LogP contribution in [0.25, 0.3) is 0 Å². The summed E-state index contributed by atoms with van der Waals surface area (Å²) in [5.74, 6) is 2.32. The number of rotatable bonds is 6. The van der Waals surface area contributed by atoms with Crippen molar-refractivity contribution in [1.29, 1.82) is 0 Å². The van der Waals surface area contributed by atoms with Gasteiger partial charge in [-0.25, -0.2) is 9.78 Å². The summed E-state index contributed by atoms with van der Waals surface area (Å²) in [6.45, 7) is 6.07. The number of carbonyl (C=O) groups excluding carboxylic acids is 1. The second kappa shape index (κ2) is 8.21. The molecule has 7 heteroatoms. The Morgan fingerprint density at radius 1 is 1.38 bits per heavy atom. The fourth-order valence-electron chi connectivity index (χ4n) is 3.17. The molecule has 140 valence electrons. The molecule has 2 amide bonds. The van der Waals surface area contributed by atoms with E-state index in [1.807, 2.05) is 31.3 Å². The maximum atomic E-state index is 12.3. The van der Waals surface area contributed by atoms with Gasteiger partial charge < -0.3 is 10.2 Å². The van der Waals surface area contributed by atoms with Crippen LogP contribution in [0.5, 0.6) is 0 Å². The molecule has 2 aromatic rings. The number of urea groups is 1. The molecule has 0 saturated carbocycles. The zero-order chi connectivity index (χ0) is 18.5. The molecule has 1 aliphatic heterocycles. The van der Waals surface area contributed by atoms with Crippen LogP contribution < -0.4 is 15.5 Å². The van der Waals surface area contributed by atoms with Gasteiger partial charge >= 0.3 is 6.03 Å². The number of pyridine rings is 1. The van der Waals surface area contributed by atoms with Gasteiger partial charge in [0.1, 0.15) is 11.6 Å². The molecule has 1 aliphatic rings. The fourth-order valence-corrected chi connectivity index (χ4v) is 3.17. The van der Waals surface area contributed by atoms with Crippen molar-refractivity contribution in [3.05, 3.63) is 36.2 Å². The zero-order valence-electron chi connectivity index (χ0n) is 15.8. The smallest absolute Gasteiger partial charge is 0.320 e. The van der Waals surface area contributed by atoms with Crippen LogP contribution in [0.3, 0.4) is 0 Å². The van der Waals surface area contributed by atoms with Gasteiger partial charge in [-0.3, -0.25) is 10.00 Å². The monoisotopic (exact) mass is 356 g/mol. The van der Waals surface area contributed by atoms with Gasteiger partial charge in [0.05, 0.1) is 5.69 Å². The Kier molecular flexibility index (Phi) is 5.75. The molecule has 1 unspecified atom stereocenters. The minimum absolute atomic E-state index is 0.116. The van der Waals surface area contributed by atoms with Gasteiger partial charge in [0.15, 0.2) is 0 Å². The third-order valence-electron chi connectivity index (χ3n) is 4.65. The molecule has 7 nitrogen and oxygen atoms in total. The number of hydrogen-bond acceptors (Lipinski definition) is 4. The molecule has 0 aliphatic carbocycles. The van der Waals surface area contributed by atoms with E-state index in [4.69, 9.17) is 0 Å². The Balaban J connectivity index is 1.50. The molecule has 1 atom stereocenters. The first-order chi connectivity index (χ1) is 12.5. The van der Waals surface area contributed by atoms with Crippen molar-refractivity contribution in [2.24, 2.45) is 13.0 Å². The molecule has 2 N–H and O–H groups in total. The minimum atomic E-state index is -0.184. The number of nitrogens with zero attached hydrogens (tertiary/aromatic N) is 4. The highest BCUT2D eigenvalue weighted by Gasteiger charge is 2.25. The highest BCUT2D eigenvalue weighted by Crippen LogP contribution is 2.18. The summed E-state index contributed by atoms with van der Waals surface area (Å²) >= 11 is 0. The van der Waals surface area contributed by atoms with E-state index in [1.165, 1.54) is 0 Å². The molecule has 3 rings (SSSR count). The van der Waals surface area contributed by atoms with E-state index in [0.717, 1.165) is 49.7 Å². The average molecular weight is 356 g/mol. The van der Waals surface area contributed by atoms with Gasteiger partial charge in [0.2, 0.25) is 0 Å². The largest absolute Gasteiger partial charge is 0.354 e. The summed E-state index contributed by atoms with van der Waals surface area (Å²) < 4.78 is 1.73. The Labute approximate surface area is 154 Å². The lowest BCUT2D eigenvalue weighted by Crippen LogP contribution is -2.40. The molecule has 0 aromatic carbocycles. The van der Waals surface area contributed by atoms with Crippen molar-refractivity contribution < 1.29 is 4.79 Å². The van der Waals surface area contributed by atoms with Crippen LogP contribution in [0.4, 0.5) is 16.4 Å². The number of anilines is 2. The third kappa shape index (κ3) is 4.74. The minimum Gasteiger partial charge on any atom is -0.354 e. The second-order valence-corrected chi connectivity index (χ2v) is 7.30. The second-order valence-electron chi connectivity index (χ2n) is 7.30. The van der Waals surface area contributed by atoms with Crippen LogP contribution >= 0.6 is 0 Å². The Morgan fingerprint density at radius 2 is 2.23 bits per heavy atom. The predicted octanol–water partition coefficient (Wildman–Crippen LogP) is 2.80. The number of aryl methyl sites for hydroxylation is 2. The molecular weight excluding hydrogens is 328 g/mol. The highest BCUT2D eigenvalue weighted by molar-refractivity contribution is 5.88. The highest BCUT2D eigenvalue weighted by atomic mass is 16.2. The number of hydrogen-bond donors (Lipinski definition) is 2. The van der Waals surface area contributed by atoms with Crippen molar-refractivity contribution in [1.82, 2.24) is 20.1 Å². The lowest BCUT2D eigenvalue weighted by molar-refractivity contribution is 0.249. The maximum Gasteiger partial charge on any atom is 0.320 e. The van der Waals surface area contributed by atoms with E-state index in [-0.39, 0.29) is 12.1 Å². The standard InChI is InChI=1S/C19H28N6O/c1-14(2)7-8-15-12-18(24(3)23-15)22-19(26)21-16-9-11-25(13-16)17-6-4-5-10-20-17/h4-6,10,12,14,16H,7-9,11,13H2,1-3H3,(H2,21,22,26). The molecule has 1 fully saturated rings. The molecule has 26 heavy (non-hydrogen) atoms. The fraction of sp³-hybridized carbons (Fsp3) is 0.526. The van der Waals surface area contributed by atoms with Crippen LogP contribution in [0, 0.1) is 5.92 Å². The summed E-state index contributed by atoms with van der Waals surface area (Å²) in [5, 5.41) is 10.4. The molecule has 0 radical (unpaired) electrons. The van der Waals surface area contributed by atoms with Gasteiger partial charge in [0.25, 0.3) is 0 Å². The van der Waals surface area contributed by atoms with Crippen molar-refractivity contribution in [3.63, 3.8) is 0 Å².